The van der Waals surface area contributed by atoms with Crippen molar-refractivity contribution < 1.29 is 9.47 Å². The predicted molar refractivity (Wildman–Crippen MR) is 75.8 cm³/mol. The molecule has 0 aliphatic heterocycles. The molecule has 3 nitrogen and oxygen atoms in total. The summed E-state index contributed by atoms with van der Waals surface area (Å²) in [5.41, 5.74) is 6.57. The van der Waals surface area contributed by atoms with Gasteiger partial charge >= 0.3 is 0 Å². The van der Waals surface area contributed by atoms with Crippen molar-refractivity contribution >= 4 is 22.9 Å². The minimum Gasteiger partial charge on any atom is -0.495 e. The molecule has 0 saturated heterocycles. The molecular weight excluding hydrogens is 270 g/mol. The highest BCUT2D eigenvalue weighted by molar-refractivity contribution is 7.15. The molecule has 0 spiro atoms. The average Bonchev–Trinajstić information content (AvgIpc) is 2.87. The molecule has 0 fully saturated rings. The standard InChI is InChI=1S/C13H14ClNO2S/c1-16-10-5-4-9(13(17-2)12(10)14)11-6-3-8(7-15)18-11/h3-6H,7,15H2,1-2H3. The zero-order chi connectivity index (χ0) is 13.1. The van der Waals surface area contributed by atoms with E-state index in [4.69, 9.17) is 26.8 Å². The van der Waals surface area contributed by atoms with Crippen molar-refractivity contribution in [2.24, 2.45) is 5.73 Å². The fourth-order valence-corrected chi connectivity index (χ4v) is 2.95. The third-order valence-electron chi connectivity index (χ3n) is 2.61. The van der Waals surface area contributed by atoms with Crippen molar-refractivity contribution in [2.75, 3.05) is 14.2 Å². The van der Waals surface area contributed by atoms with Gasteiger partial charge in [-0.25, -0.2) is 0 Å². The van der Waals surface area contributed by atoms with Crippen molar-refractivity contribution in [3.63, 3.8) is 0 Å². The summed E-state index contributed by atoms with van der Waals surface area (Å²) in [7, 11) is 3.18. The fourth-order valence-electron chi connectivity index (χ4n) is 1.72. The Balaban J connectivity index is 2.53. The molecule has 0 atom stereocenters. The van der Waals surface area contributed by atoms with Crippen LogP contribution in [0.2, 0.25) is 5.02 Å². The summed E-state index contributed by atoms with van der Waals surface area (Å²) >= 11 is 7.87. The number of halogens is 1. The number of hydrogen-bond acceptors (Lipinski definition) is 4. The highest BCUT2D eigenvalue weighted by Gasteiger charge is 2.15. The lowest BCUT2D eigenvalue weighted by atomic mass is 10.1. The van der Waals surface area contributed by atoms with Gasteiger partial charge in [0.2, 0.25) is 0 Å². The number of ether oxygens (including phenoxy) is 2. The zero-order valence-electron chi connectivity index (χ0n) is 10.2. The molecule has 0 bridgehead atoms. The van der Waals surface area contributed by atoms with Crippen LogP contribution >= 0.6 is 22.9 Å². The monoisotopic (exact) mass is 283 g/mol. The van der Waals surface area contributed by atoms with Crippen LogP contribution < -0.4 is 15.2 Å². The van der Waals surface area contributed by atoms with Crippen LogP contribution in [-0.4, -0.2) is 14.2 Å². The van der Waals surface area contributed by atoms with Crippen LogP contribution in [0.3, 0.4) is 0 Å². The zero-order valence-corrected chi connectivity index (χ0v) is 11.8. The maximum absolute atomic E-state index is 6.23. The van der Waals surface area contributed by atoms with Crippen molar-refractivity contribution in [2.45, 2.75) is 6.54 Å². The number of methoxy groups -OCH3 is 2. The molecule has 18 heavy (non-hydrogen) atoms. The molecule has 1 aromatic heterocycles. The highest BCUT2D eigenvalue weighted by atomic mass is 35.5. The van der Waals surface area contributed by atoms with E-state index in [-0.39, 0.29) is 0 Å². The third kappa shape index (κ3) is 2.32. The van der Waals surface area contributed by atoms with Crippen LogP contribution in [0.4, 0.5) is 0 Å². The van der Waals surface area contributed by atoms with Gasteiger partial charge in [0, 0.05) is 21.9 Å². The van der Waals surface area contributed by atoms with E-state index in [1.54, 1.807) is 25.6 Å². The van der Waals surface area contributed by atoms with Gasteiger partial charge < -0.3 is 15.2 Å². The molecule has 0 unspecified atom stereocenters. The van der Waals surface area contributed by atoms with Gasteiger partial charge in [-0.1, -0.05) is 11.6 Å². The van der Waals surface area contributed by atoms with Crippen molar-refractivity contribution in [3.8, 4) is 21.9 Å². The lowest BCUT2D eigenvalue weighted by molar-refractivity contribution is 0.396. The van der Waals surface area contributed by atoms with Crippen molar-refractivity contribution in [1.82, 2.24) is 0 Å². The summed E-state index contributed by atoms with van der Waals surface area (Å²) in [4.78, 5) is 2.20. The molecule has 96 valence electrons. The van der Waals surface area contributed by atoms with E-state index >= 15 is 0 Å². The van der Waals surface area contributed by atoms with Gasteiger partial charge in [0.15, 0.2) is 0 Å². The second-order valence-electron chi connectivity index (χ2n) is 3.63. The molecule has 2 N–H and O–H groups in total. The third-order valence-corrected chi connectivity index (χ3v) is 4.11. The Kier molecular flexibility index (Phi) is 4.11. The first-order valence-corrected chi connectivity index (χ1v) is 6.60. The van der Waals surface area contributed by atoms with E-state index in [0.29, 0.717) is 23.1 Å². The second kappa shape index (κ2) is 5.61. The molecule has 5 heteroatoms. The summed E-state index contributed by atoms with van der Waals surface area (Å²) in [5.74, 6) is 1.23. The van der Waals surface area contributed by atoms with Crippen LogP contribution in [0.15, 0.2) is 24.3 Å². The minimum atomic E-state index is 0.486. The molecular formula is C13H14ClNO2S. The average molecular weight is 284 g/mol. The van der Waals surface area contributed by atoms with Crippen molar-refractivity contribution in [3.05, 3.63) is 34.2 Å². The number of benzene rings is 1. The quantitative estimate of drug-likeness (QED) is 0.933. The predicted octanol–water partition coefficient (Wildman–Crippen LogP) is 3.54. The van der Waals surface area contributed by atoms with E-state index in [9.17, 15) is 0 Å². The van der Waals surface area contributed by atoms with Crippen LogP contribution in [0.5, 0.6) is 11.5 Å². The Morgan fingerprint density at radius 2 is 1.94 bits per heavy atom. The number of rotatable bonds is 4. The Labute approximate surface area is 115 Å². The van der Waals surface area contributed by atoms with Gasteiger partial charge in [-0.05, 0) is 24.3 Å². The van der Waals surface area contributed by atoms with E-state index in [0.717, 1.165) is 15.3 Å². The largest absolute Gasteiger partial charge is 0.495 e. The summed E-state index contributed by atoms with van der Waals surface area (Å²) in [5, 5.41) is 0.486. The number of thiophene rings is 1. The van der Waals surface area contributed by atoms with Gasteiger partial charge in [-0.15, -0.1) is 11.3 Å². The maximum Gasteiger partial charge on any atom is 0.149 e. The first-order chi connectivity index (χ1) is 8.71. The fraction of sp³-hybridized carbons (Fsp3) is 0.231. The number of hydrogen-bond donors (Lipinski definition) is 1. The SMILES string of the molecule is COc1ccc(-c2ccc(CN)s2)c(OC)c1Cl. The summed E-state index contributed by atoms with van der Waals surface area (Å²) in [6.07, 6.45) is 0. The topological polar surface area (TPSA) is 44.5 Å². The minimum absolute atomic E-state index is 0.486. The first kappa shape index (κ1) is 13.2. The highest BCUT2D eigenvalue weighted by Crippen LogP contribution is 2.43. The molecule has 2 rings (SSSR count). The lowest BCUT2D eigenvalue weighted by Gasteiger charge is -2.11. The maximum atomic E-state index is 6.23. The van der Waals surface area contributed by atoms with E-state index in [1.165, 1.54) is 0 Å². The molecule has 1 heterocycles. The van der Waals surface area contributed by atoms with Gasteiger partial charge in [0.1, 0.15) is 16.5 Å². The molecule has 0 aliphatic carbocycles. The summed E-state index contributed by atoms with van der Waals surface area (Å²) < 4.78 is 10.6. The Bertz CT molecular complexity index is 554. The van der Waals surface area contributed by atoms with Gasteiger partial charge in [-0.3, -0.25) is 0 Å². The van der Waals surface area contributed by atoms with Crippen molar-refractivity contribution in [1.29, 1.82) is 0 Å². The van der Waals surface area contributed by atoms with E-state index < -0.39 is 0 Å². The lowest BCUT2D eigenvalue weighted by Crippen LogP contribution is -1.92. The van der Waals surface area contributed by atoms with E-state index in [2.05, 4.69) is 0 Å². The van der Waals surface area contributed by atoms with Crippen LogP contribution in [0.25, 0.3) is 10.4 Å². The Morgan fingerprint density at radius 1 is 1.17 bits per heavy atom. The Hall–Kier alpha value is -1.23. The van der Waals surface area contributed by atoms with Gasteiger partial charge in [-0.2, -0.15) is 0 Å². The summed E-state index contributed by atoms with van der Waals surface area (Å²) in [6, 6.07) is 7.81. The molecule has 0 aliphatic rings. The smallest absolute Gasteiger partial charge is 0.149 e. The molecule has 1 aromatic carbocycles. The second-order valence-corrected chi connectivity index (χ2v) is 5.18. The molecule has 0 amide bonds. The Morgan fingerprint density at radius 3 is 2.50 bits per heavy atom. The van der Waals surface area contributed by atoms with E-state index in [1.807, 2.05) is 24.3 Å². The van der Waals surface area contributed by atoms with Crippen LogP contribution in [0, 0.1) is 0 Å². The summed E-state index contributed by atoms with van der Waals surface area (Å²) in [6.45, 7) is 0.539. The van der Waals surface area contributed by atoms with Gasteiger partial charge in [0.25, 0.3) is 0 Å². The first-order valence-electron chi connectivity index (χ1n) is 5.41. The van der Waals surface area contributed by atoms with Crippen LogP contribution in [-0.2, 0) is 6.54 Å². The molecule has 2 aromatic rings. The normalized spacial score (nSPS) is 10.4. The number of nitrogens with two attached hydrogens (primary N) is 1. The van der Waals surface area contributed by atoms with Gasteiger partial charge in [0.05, 0.1) is 14.2 Å². The molecule has 0 saturated carbocycles. The van der Waals surface area contributed by atoms with Crippen LogP contribution in [0.1, 0.15) is 4.88 Å². The molecule has 0 radical (unpaired) electrons.